The molecule has 156 valence electrons. The zero-order valence-corrected chi connectivity index (χ0v) is 16.9. The normalized spacial score (nSPS) is 15.3. The number of hydrogen-bond acceptors (Lipinski definition) is 5. The number of carbonyl (C=O) groups excluding carboxylic acids is 1. The molecule has 0 atom stereocenters. The molecule has 9 heteroatoms. The van der Waals surface area contributed by atoms with E-state index in [4.69, 9.17) is 5.14 Å². The van der Waals surface area contributed by atoms with Crippen molar-refractivity contribution in [2.75, 3.05) is 37.6 Å². The molecule has 29 heavy (non-hydrogen) atoms. The van der Waals surface area contributed by atoms with E-state index in [1.54, 1.807) is 24.3 Å². The van der Waals surface area contributed by atoms with Gasteiger partial charge in [-0.15, -0.1) is 0 Å². The molecule has 1 heterocycles. The molecule has 0 spiro atoms. The second-order valence-electron chi connectivity index (χ2n) is 7.02. The van der Waals surface area contributed by atoms with Gasteiger partial charge in [0.1, 0.15) is 5.82 Å². The van der Waals surface area contributed by atoms with Gasteiger partial charge in [-0.05, 0) is 42.0 Å². The maximum Gasteiger partial charge on any atom is 0.238 e. The van der Waals surface area contributed by atoms with E-state index in [0.29, 0.717) is 19.5 Å². The molecule has 1 fully saturated rings. The van der Waals surface area contributed by atoms with Crippen LogP contribution in [0.5, 0.6) is 0 Å². The van der Waals surface area contributed by atoms with Gasteiger partial charge in [0.25, 0.3) is 0 Å². The third-order valence-corrected chi connectivity index (χ3v) is 5.89. The number of nitrogens with zero attached hydrogens (tertiary/aromatic N) is 2. The minimum Gasteiger partial charge on any atom is -0.369 e. The number of carbonyl (C=O) groups is 1. The number of anilines is 1. The van der Waals surface area contributed by atoms with E-state index < -0.39 is 10.0 Å². The van der Waals surface area contributed by atoms with Crippen molar-refractivity contribution < 1.29 is 17.6 Å². The lowest BCUT2D eigenvalue weighted by atomic mass is 10.2. The van der Waals surface area contributed by atoms with E-state index >= 15 is 0 Å². The number of primary sulfonamides is 1. The van der Waals surface area contributed by atoms with E-state index in [1.807, 2.05) is 0 Å². The number of nitrogens with two attached hydrogens (primary N) is 1. The molecule has 2 aromatic rings. The first-order valence-electron chi connectivity index (χ1n) is 9.42. The lowest BCUT2D eigenvalue weighted by molar-refractivity contribution is -0.121. The third-order valence-electron chi connectivity index (χ3n) is 4.96. The summed E-state index contributed by atoms with van der Waals surface area (Å²) in [6.45, 7) is 4.38. The van der Waals surface area contributed by atoms with Crippen molar-refractivity contribution in [3.05, 3.63) is 59.9 Å². The molecule has 1 saturated heterocycles. The van der Waals surface area contributed by atoms with Crippen LogP contribution >= 0.6 is 0 Å². The van der Waals surface area contributed by atoms with E-state index in [-0.39, 0.29) is 16.6 Å². The van der Waals surface area contributed by atoms with Gasteiger partial charge in [0, 0.05) is 51.4 Å². The first kappa shape index (κ1) is 21.2. The summed E-state index contributed by atoms with van der Waals surface area (Å²) in [5, 5.41) is 7.91. The molecule has 3 N–H and O–H groups in total. The lowest BCUT2D eigenvalue weighted by Gasteiger charge is -2.36. The summed E-state index contributed by atoms with van der Waals surface area (Å²) in [6.07, 6.45) is 0.395. The van der Waals surface area contributed by atoms with Gasteiger partial charge in [-0.1, -0.05) is 12.1 Å². The Morgan fingerprint density at radius 2 is 1.62 bits per heavy atom. The Balaban J connectivity index is 1.37. The number of benzene rings is 2. The number of halogens is 1. The topological polar surface area (TPSA) is 95.7 Å². The predicted octanol–water partition coefficient (Wildman–Crippen LogP) is 1.30. The van der Waals surface area contributed by atoms with Crippen molar-refractivity contribution in [1.82, 2.24) is 10.2 Å². The summed E-state index contributed by atoms with van der Waals surface area (Å²) >= 11 is 0. The Morgan fingerprint density at radius 1 is 1.00 bits per heavy atom. The average Bonchev–Trinajstić information content (AvgIpc) is 2.71. The molecule has 3 rings (SSSR count). The standard InChI is InChI=1S/C20H25FN4O3S/c21-17-3-5-18(6-4-17)25-13-11-24(12-14-25)10-9-20(26)23-15-16-1-7-19(8-2-16)29(22,27)28/h1-8H,9-15H2,(H,23,26)(H2,22,27,28). The van der Waals surface area contributed by atoms with Crippen LogP contribution < -0.4 is 15.4 Å². The van der Waals surface area contributed by atoms with Gasteiger partial charge in [0.2, 0.25) is 15.9 Å². The maximum atomic E-state index is 13.0. The second kappa shape index (κ2) is 9.34. The summed E-state index contributed by atoms with van der Waals surface area (Å²) < 4.78 is 35.5. The van der Waals surface area contributed by atoms with Gasteiger partial charge in [0.15, 0.2) is 0 Å². The monoisotopic (exact) mass is 420 g/mol. The molecule has 0 saturated carbocycles. The molecule has 7 nitrogen and oxygen atoms in total. The van der Waals surface area contributed by atoms with Gasteiger partial charge in [-0.2, -0.15) is 0 Å². The van der Waals surface area contributed by atoms with E-state index in [2.05, 4.69) is 15.1 Å². The highest BCUT2D eigenvalue weighted by molar-refractivity contribution is 7.89. The Morgan fingerprint density at radius 3 is 2.21 bits per heavy atom. The van der Waals surface area contributed by atoms with Crippen LogP contribution in [0.25, 0.3) is 0 Å². The van der Waals surface area contributed by atoms with Crippen LogP contribution in [0.1, 0.15) is 12.0 Å². The second-order valence-corrected chi connectivity index (χ2v) is 8.58. The third kappa shape index (κ3) is 6.25. The number of nitrogens with one attached hydrogen (secondary N) is 1. The van der Waals surface area contributed by atoms with Crippen molar-refractivity contribution in [2.24, 2.45) is 5.14 Å². The number of rotatable bonds is 7. The first-order chi connectivity index (χ1) is 13.8. The Bertz CT molecular complexity index is 925. The van der Waals surface area contributed by atoms with Crippen LogP contribution in [0.2, 0.25) is 0 Å². The highest BCUT2D eigenvalue weighted by atomic mass is 32.2. The highest BCUT2D eigenvalue weighted by Gasteiger charge is 2.18. The molecule has 0 aliphatic carbocycles. The average molecular weight is 421 g/mol. The van der Waals surface area contributed by atoms with Crippen molar-refractivity contribution in [3.63, 3.8) is 0 Å². The number of hydrogen-bond donors (Lipinski definition) is 2. The molecule has 1 aliphatic rings. The van der Waals surface area contributed by atoms with Crippen LogP contribution in [-0.4, -0.2) is 51.9 Å². The minimum atomic E-state index is -3.71. The molecular formula is C20H25FN4O3S. The number of amides is 1. The minimum absolute atomic E-state index is 0.0485. The van der Waals surface area contributed by atoms with Gasteiger partial charge < -0.3 is 10.2 Å². The smallest absolute Gasteiger partial charge is 0.238 e. The summed E-state index contributed by atoms with van der Waals surface area (Å²) in [5.41, 5.74) is 1.82. The quantitative estimate of drug-likeness (QED) is 0.704. The molecule has 2 aromatic carbocycles. The van der Waals surface area contributed by atoms with Crippen molar-refractivity contribution in [1.29, 1.82) is 0 Å². The van der Waals surface area contributed by atoms with E-state index in [0.717, 1.165) is 37.4 Å². The van der Waals surface area contributed by atoms with E-state index in [9.17, 15) is 17.6 Å². The van der Waals surface area contributed by atoms with Crippen LogP contribution in [0.3, 0.4) is 0 Å². The number of sulfonamides is 1. The predicted molar refractivity (Wildman–Crippen MR) is 109 cm³/mol. The SMILES string of the molecule is NS(=O)(=O)c1ccc(CNC(=O)CCN2CCN(c3ccc(F)cc3)CC2)cc1. The zero-order chi connectivity index (χ0) is 20.9. The van der Waals surface area contributed by atoms with Crippen molar-refractivity contribution in [3.8, 4) is 0 Å². The molecule has 0 radical (unpaired) electrons. The summed E-state index contributed by atoms with van der Waals surface area (Å²) in [4.78, 5) is 16.6. The fourth-order valence-electron chi connectivity index (χ4n) is 3.23. The summed E-state index contributed by atoms with van der Waals surface area (Å²) in [7, 11) is -3.71. The van der Waals surface area contributed by atoms with Crippen LogP contribution in [0, 0.1) is 5.82 Å². The molecule has 1 amide bonds. The number of piperazine rings is 1. The van der Waals surface area contributed by atoms with Crippen LogP contribution in [0.15, 0.2) is 53.4 Å². The Hall–Kier alpha value is -2.49. The summed E-state index contributed by atoms with van der Waals surface area (Å²) in [5.74, 6) is -0.291. The Kier molecular flexibility index (Phi) is 6.83. The first-order valence-corrected chi connectivity index (χ1v) is 11.0. The highest BCUT2D eigenvalue weighted by Crippen LogP contribution is 2.17. The van der Waals surface area contributed by atoms with Gasteiger partial charge in [-0.25, -0.2) is 17.9 Å². The molecule has 0 aromatic heterocycles. The van der Waals surface area contributed by atoms with Crippen molar-refractivity contribution >= 4 is 21.6 Å². The Labute approximate surface area is 170 Å². The van der Waals surface area contributed by atoms with Gasteiger partial charge in [0.05, 0.1) is 4.90 Å². The summed E-state index contributed by atoms with van der Waals surface area (Å²) in [6, 6.07) is 12.6. The van der Waals surface area contributed by atoms with Gasteiger partial charge in [-0.3, -0.25) is 9.69 Å². The van der Waals surface area contributed by atoms with Crippen molar-refractivity contribution in [2.45, 2.75) is 17.9 Å². The largest absolute Gasteiger partial charge is 0.369 e. The fourth-order valence-corrected chi connectivity index (χ4v) is 3.74. The van der Waals surface area contributed by atoms with Gasteiger partial charge >= 0.3 is 0 Å². The molecular weight excluding hydrogens is 395 g/mol. The fraction of sp³-hybridized carbons (Fsp3) is 0.350. The van der Waals surface area contributed by atoms with E-state index in [1.165, 1.54) is 24.3 Å². The van der Waals surface area contributed by atoms with Crippen LogP contribution in [-0.2, 0) is 21.4 Å². The molecule has 1 aliphatic heterocycles. The molecule has 0 unspecified atom stereocenters. The lowest BCUT2D eigenvalue weighted by Crippen LogP contribution is -2.47. The molecule has 0 bridgehead atoms. The maximum absolute atomic E-state index is 13.0. The zero-order valence-electron chi connectivity index (χ0n) is 16.1. The van der Waals surface area contributed by atoms with Crippen LogP contribution in [0.4, 0.5) is 10.1 Å².